The zero-order valence-electron chi connectivity index (χ0n) is 11.0. The Hall–Kier alpha value is -2.13. The number of fused-ring (bicyclic) bond motifs is 5. The second-order valence-electron chi connectivity index (χ2n) is 4.74. The number of rotatable bonds is 2. The molecule has 2 aromatic carbocycles. The van der Waals surface area contributed by atoms with Crippen molar-refractivity contribution in [2.75, 3.05) is 6.61 Å². The number of thiophene rings is 1. The molecule has 0 radical (unpaired) electrons. The number of carbonyl (C=O) groups excluding carboxylic acids is 1. The first kappa shape index (κ1) is 11.7. The van der Waals surface area contributed by atoms with Gasteiger partial charge >= 0.3 is 0 Å². The van der Waals surface area contributed by atoms with Gasteiger partial charge in [-0.05, 0) is 19.1 Å². The molecule has 0 bridgehead atoms. The molecular weight excluding hydrogens is 268 g/mol. The summed E-state index contributed by atoms with van der Waals surface area (Å²) in [6.45, 7) is 2.50. The Kier molecular flexibility index (Phi) is 2.44. The molecule has 0 amide bonds. The van der Waals surface area contributed by atoms with E-state index in [1.807, 2.05) is 43.3 Å². The Morgan fingerprint density at radius 1 is 1.05 bits per heavy atom. The molecule has 2 nitrogen and oxygen atoms in total. The van der Waals surface area contributed by atoms with Crippen LogP contribution in [0, 0.1) is 0 Å². The van der Waals surface area contributed by atoms with E-state index >= 15 is 0 Å². The van der Waals surface area contributed by atoms with Crippen molar-refractivity contribution in [1.82, 2.24) is 0 Å². The van der Waals surface area contributed by atoms with Crippen LogP contribution in [0.25, 0.3) is 20.5 Å². The topological polar surface area (TPSA) is 26.3 Å². The highest BCUT2D eigenvalue weighted by atomic mass is 32.1. The van der Waals surface area contributed by atoms with Crippen molar-refractivity contribution in [3.8, 4) is 16.2 Å². The molecule has 98 valence electrons. The summed E-state index contributed by atoms with van der Waals surface area (Å²) in [7, 11) is 0. The van der Waals surface area contributed by atoms with Gasteiger partial charge in [0.2, 0.25) is 0 Å². The molecule has 0 N–H and O–H groups in total. The van der Waals surface area contributed by atoms with Crippen LogP contribution >= 0.6 is 11.3 Å². The van der Waals surface area contributed by atoms with Crippen molar-refractivity contribution in [3.63, 3.8) is 0 Å². The number of carbonyl (C=O) groups is 1. The summed E-state index contributed by atoms with van der Waals surface area (Å²) in [5, 5.41) is 1.05. The van der Waals surface area contributed by atoms with E-state index in [0.29, 0.717) is 12.4 Å². The second-order valence-corrected chi connectivity index (χ2v) is 5.80. The molecule has 3 aromatic rings. The third kappa shape index (κ3) is 1.41. The first-order chi connectivity index (χ1) is 9.81. The van der Waals surface area contributed by atoms with Crippen molar-refractivity contribution >= 4 is 27.2 Å². The van der Waals surface area contributed by atoms with Crippen LogP contribution in [0.3, 0.4) is 0 Å². The van der Waals surface area contributed by atoms with Gasteiger partial charge in [0.1, 0.15) is 5.75 Å². The van der Waals surface area contributed by atoms with Crippen LogP contribution in [0.15, 0.2) is 42.5 Å². The van der Waals surface area contributed by atoms with E-state index in [0.717, 1.165) is 27.0 Å². The fraction of sp³-hybridized carbons (Fsp3) is 0.118. The molecule has 0 saturated carbocycles. The maximum absolute atomic E-state index is 12.8. The molecule has 0 aliphatic heterocycles. The SMILES string of the molecule is CCOc1cccc2c1C(=O)c1c-2sc2ccccc12. The van der Waals surface area contributed by atoms with E-state index in [1.165, 1.54) is 4.70 Å². The summed E-state index contributed by atoms with van der Waals surface area (Å²) in [5.41, 5.74) is 2.58. The number of ketones is 1. The molecule has 1 heterocycles. The minimum atomic E-state index is 0.0940. The Morgan fingerprint density at radius 2 is 1.90 bits per heavy atom. The summed E-state index contributed by atoms with van der Waals surface area (Å²) in [6, 6.07) is 13.9. The van der Waals surface area contributed by atoms with Gasteiger partial charge in [0, 0.05) is 26.1 Å². The Morgan fingerprint density at radius 3 is 2.75 bits per heavy atom. The number of hydrogen-bond acceptors (Lipinski definition) is 3. The lowest BCUT2D eigenvalue weighted by atomic mass is 10.1. The quantitative estimate of drug-likeness (QED) is 0.540. The molecular formula is C17H12O2S. The van der Waals surface area contributed by atoms with Crippen LogP contribution in [0.2, 0.25) is 0 Å². The minimum Gasteiger partial charge on any atom is -0.493 e. The van der Waals surface area contributed by atoms with Crippen molar-refractivity contribution in [2.24, 2.45) is 0 Å². The average Bonchev–Trinajstić information content (AvgIpc) is 2.97. The van der Waals surface area contributed by atoms with Crippen LogP contribution in [0.5, 0.6) is 5.75 Å². The smallest absolute Gasteiger partial charge is 0.199 e. The van der Waals surface area contributed by atoms with Gasteiger partial charge in [-0.3, -0.25) is 4.79 Å². The lowest BCUT2D eigenvalue weighted by molar-refractivity contribution is 0.104. The second kappa shape index (κ2) is 4.18. The molecule has 4 rings (SSSR count). The third-order valence-corrected chi connectivity index (χ3v) is 4.82. The van der Waals surface area contributed by atoms with Gasteiger partial charge in [-0.15, -0.1) is 11.3 Å². The normalized spacial score (nSPS) is 12.6. The van der Waals surface area contributed by atoms with Crippen LogP contribution in [0.1, 0.15) is 22.8 Å². The van der Waals surface area contributed by atoms with E-state index in [-0.39, 0.29) is 5.78 Å². The summed E-state index contributed by atoms with van der Waals surface area (Å²) in [5.74, 6) is 0.791. The van der Waals surface area contributed by atoms with Crippen LogP contribution in [0.4, 0.5) is 0 Å². The molecule has 3 heteroatoms. The molecule has 1 aliphatic carbocycles. The monoisotopic (exact) mass is 280 g/mol. The number of ether oxygens (including phenoxy) is 1. The van der Waals surface area contributed by atoms with Gasteiger partial charge in [-0.1, -0.05) is 30.3 Å². The first-order valence-electron chi connectivity index (χ1n) is 6.63. The van der Waals surface area contributed by atoms with Crippen molar-refractivity contribution in [3.05, 3.63) is 53.6 Å². The zero-order chi connectivity index (χ0) is 13.7. The van der Waals surface area contributed by atoms with Gasteiger partial charge in [0.25, 0.3) is 0 Å². The van der Waals surface area contributed by atoms with Gasteiger partial charge in [-0.2, -0.15) is 0 Å². The molecule has 0 spiro atoms. The van der Waals surface area contributed by atoms with E-state index < -0.39 is 0 Å². The largest absolute Gasteiger partial charge is 0.493 e. The van der Waals surface area contributed by atoms with Crippen molar-refractivity contribution in [1.29, 1.82) is 0 Å². The maximum atomic E-state index is 12.8. The highest BCUT2D eigenvalue weighted by molar-refractivity contribution is 7.23. The van der Waals surface area contributed by atoms with Crippen LogP contribution < -0.4 is 4.74 Å². The lowest BCUT2D eigenvalue weighted by Crippen LogP contribution is -2.01. The maximum Gasteiger partial charge on any atom is 0.199 e. The highest BCUT2D eigenvalue weighted by Gasteiger charge is 2.33. The van der Waals surface area contributed by atoms with E-state index in [1.54, 1.807) is 11.3 Å². The van der Waals surface area contributed by atoms with E-state index in [9.17, 15) is 4.79 Å². The molecule has 1 aromatic heterocycles. The predicted molar refractivity (Wildman–Crippen MR) is 81.9 cm³/mol. The Bertz CT molecular complexity index is 845. The van der Waals surface area contributed by atoms with E-state index in [2.05, 4.69) is 6.07 Å². The standard InChI is InChI=1S/C17H12O2S/c1-2-19-12-8-5-7-11-14(12)16(18)15-10-6-3-4-9-13(10)20-17(11)15/h3-9H,2H2,1H3. The molecule has 0 atom stereocenters. The van der Waals surface area contributed by atoms with Gasteiger partial charge in [0.05, 0.1) is 12.2 Å². The molecule has 1 aliphatic rings. The predicted octanol–water partition coefficient (Wildman–Crippen LogP) is 4.51. The molecule has 0 fully saturated rings. The summed E-state index contributed by atoms with van der Waals surface area (Å²) >= 11 is 1.68. The van der Waals surface area contributed by atoms with E-state index in [4.69, 9.17) is 4.74 Å². The highest BCUT2D eigenvalue weighted by Crippen LogP contribution is 2.48. The zero-order valence-corrected chi connectivity index (χ0v) is 11.8. The van der Waals surface area contributed by atoms with Crippen molar-refractivity contribution in [2.45, 2.75) is 6.92 Å². The number of hydrogen-bond donors (Lipinski definition) is 0. The van der Waals surface area contributed by atoms with Gasteiger partial charge < -0.3 is 4.74 Å². The molecule has 0 unspecified atom stereocenters. The fourth-order valence-corrected chi connectivity index (χ4v) is 4.05. The van der Waals surface area contributed by atoms with Crippen LogP contribution in [-0.2, 0) is 0 Å². The van der Waals surface area contributed by atoms with Gasteiger partial charge in [0.15, 0.2) is 5.78 Å². The van der Waals surface area contributed by atoms with Crippen LogP contribution in [-0.4, -0.2) is 12.4 Å². The third-order valence-electron chi connectivity index (χ3n) is 3.62. The first-order valence-corrected chi connectivity index (χ1v) is 7.45. The molecule has 0 saturated heterocycles. The summed E-state index contributed by atoms with van der Waals surface area (Å²) in [4.78, 5) is 13.9. The average molecular weight is 280 g/mol. The van der Waals surface area contributed by atoms with Crippen molar-refractivity contribution < 1.29 is 9.53 Å². The lowest BCUT2D eigenvalue weighted by Gasteiger charge is -2.07. The van der Waals surface area contributed by atoms with Gasteiger partial charge in [-0.25, -0.2) is 0 Å². The Balaban J connectivity index is 2.05. The summed E-state index contributed by atoms with van der Waals surface area (Å²) < 4.78 is 6.78. The summed E-state index contributed by atoms with van der Waals surface area (Å²) in [6.07, 6.45) is 0. The fourth-order valence-electron chi connectivity index (χ4n) is 2.82. The molecule has 20 heavy (non-hydrogen) atoms. The Labute approximate surface area is 120 Å². The number of benzene rings is 2. The minimum absolute atomic E-state index is 0.0940.